The highest BCUT2D eigenvalue weighted by Crippen LogP contribution is 1.98. The molecule has 0 unspecified atom stereocenters. The van der Waals surface area contributed by atoms with Crippen molar-refractivity contribution in [2.24, 2.45) is 5.73 Å². The summed E-state index contributed by atoms with van der Waals surface area (Å²) >= 11 is 0. The van der Waals surface area contributed by atoms with Crippen molar-refractivity contribution in [3.8, 4) is 0 Å². The van der Waals surface area contributed by atoms with E-state index in [4.69, 9.17) is 21.1 Å². The molecule has 0 radical (unpaired) electrons. The Kier molecular flexibility index (Phi) is 8.92. The molecule has 2 amide bonds. The van der Waals surface area contributed by atoms with Gasteiger partial charge in [-0.2, -0.15) is 0 Å². The van der Waals surface area contributed by atoms with E-state index in [1.807, 2.05) is 0 Å². The van der Waals surface area contributed by atoms with Crippen LogP contribution in [0.3, 0.4) is 0 Å². The molecule has 0 aliphatic heterocycles. The lowest BCUT2D eigenvalue weighted by Gasteiger charge is -2.15. The minimum Gasteiger partial charge on any atom is -0.481 e. The van der Waals surface area contributed by atoms with Crippen LogP contribution in [0, 0.1) is 0 Å². The molecule has 0 saturated heterocycles. The number of carbonyl (C=O) groups excluding carboxylic acids is 2. The predicted molar refractivity (Wildman–Crippen MR) is 74.3 cm³/mol. The van der Waals surface area contributed by atoms with Crippen LogP contribution in [0.2, 0.25) is 0 Å². The molecule has 2 atom stereocenters. The topological polar surface area (TPSA) is 196 Å². The lowest BCUT2D eigenvalue weighted by Crippen LogP contribution is -2.48. The van der Waals surface area contributed by atoms with Crippen LogP contribution >= 0.6 is 0 Å². The average Bonchev–Trinajstić information content (AvgIpc) is 2.45. The van der Waals surface area contributed by atoms with Gasteiger partial charge in [0.2, 0.25) is 11.8 Å². The maximum absolute atomic E-state index is 11.5. The highest BCUT2D eigenvalue weighted by molar-refractivity contribution is 5.89. The van der Waals surface area contributed by atoms with Crippen LogP contribution in [0.4, 0.5) is 0 Å². The summed E-state index contributed by atoms with van der Waals surface area (Å²) in [5.74, 6) is -5.30. The molecule has 0 aromatic carbocycles. The van der Waals surface area contributed by atoms with Crippen molar-refractivity contribution in [1.29, 1.82) is 0 Å². The quantitative estimate of drug-likeness (QED) is 0.241. The van der Waals surface area contributed by atoms with E-state index in [1.54, 1.807) is 0 Å². The second-order valence-corrected chi connectivity index (χ2v) is 4.65. The Morgan fingerprint density at radius 3 is 1.91 bits per heavy atom. The minimum atomic E-state index is -1.40. The van der Waals surface area contributed by atoms with Gasteiger partial charge in [0.1, 0.15) is 6.04 Å². The first kappa shape index (κ1) is 20.3. The van der Waals surface area contributed by atoms with Crippen LogP contribution in [-0.4, -0.2) is 63.7 Å². The highest BCUT2D eigenvalue weighted by Gasteiger charge is 2.22. The molecular formula is C12H19N3O8. The molecule has 0 spiro atoms. The lowest BCUT2D eigenvalue weighted by atomic mass is 10.1. The normalized spacial score (nSPS) is 12.7. The minimum absolute atomic E-state index is 0.112. The number of carboxylic acid groups (broad SMARTS) is 3. The summed E-state index contributed by atoms with van der Waals surface area (Å²) < 4.78 is 0. The number of hydrogen-bond donors (Lipinski definition) is 6. The molecule has 0 aromatic rings. The number of nitrogens with one attached hydrogen (secondary N) is 2. The van der Waals surface area contributed by atoms with E-state index in [-0.39, 0.29) is 19.3 Å². The number of amides is 2. The Bertz CT molecular complexity index is 479. The van der Waals surface area contributed by atoms with Gasteiger partial charge in [-0.25, -0.2) is 4.79 Å². The van der Waals surface area contributed by atoms with Gasteiger partial charge in [0.05, 0.1) is 12.6 Å². The first-order chi connectivity index (χ1) is 10.6. The van der Waals surface area contributed by atoms with Gasteiger partial charge in [-0.3, -0.25) is 19.2 Å². The molecular weight excluding hydrogens is 314 g/mol. The summed E-state index contributed by atoms with van der Waals surface area (Å²) in [4.78, 5) is 54.6. The Morgan fingerprint density at radius 1 is 0.913 bits per heavy atom. The second kappa shape index (κ2) is 10.1. The Hall–Kier alpha value is -2.69. The van der Waals surface area contributed by atoms with Gasteiger partial charge in [0.25, 0.3) is 0 Å². The zero-order valence-corrected chi connectivity index (χ0v) is 12.2. The fourth-order valence-electron chi connectivity index (χ4n) is 1.48. The number of nitrogens with two attached hydrogens (primary N) is 1. The Balaban J connectivity index is 4.25. The van der Waals surface area contributed by atoms with Crippen LogP contribution in [0.5, 0.6) is 0 Å². The van der Waals surface area contributed by atoms with E-state index < -0.39 is 54.8 Å². The molecule has 7 N–H and O–H groups in total. The summed E-state index contributed by atoms with van der Waals surface area (Å²) in [7, 11) is 0. The SMILES string of the molecule is N[C@@H](CCC(=O)O)C(=O)NCC(=O)N[C@@H](CCC(=O)O)C(=O)O. The first-order valence-corrected chi connectivity index (χ1v) is 6.62. The molecule has 0 saturated carbocycles. The standard InChI is InChI=1S/C12H19N3O8/c13-6(1-3-9(17)18)11(21)14-5-8(16)15-7(12(22)23)2-4-10(19)20/h6-7H,1-5,13H2,(H,14,21)(H,15,16)(H,17,18)(H,19,20)(H,22,23)/t6-,7-/m0/s1. The van der Waals surface area contributed by atoms with Gasteiger partial charge in [0, 0.05) is 12.8 Å². The summed E-state index contributed by atoms with van der Waals surface area (Å²) in [6.45, 7) is -0.559. The molecule has 0 aromatic heterocycles. The van der Waals surface area contributed by atoms with Gasteiger partial charge in [0.15, 0.2) is 0 Å². The third-order valence-corrected chi connectivity index (χ3v) is 2.71. The number of rotatable bonds is 11. The number of aliphatic carboxylic acids is 3. The van der Waals surface area contributed by atoms with Gasteiger partial charge in [-0.05, 0) is 12.8 Å². The Morgan fingerprint density at radius 2 is 1.43 bits per heavy atom. The van der Waals surface area contributed by atoms with Crippen LogP contribution in [-0.2, 0) is 24.0 Å². The third kappa shape index (κ3) is 9.79. The zero-order chi connectivity index (χ0) is 18.0. The number of carboxylic acids is 3. The molecule has 11 heteroatoms. The first-order valence-electron chi connectivity index (χ1n) is 6.62. The molecule has 0 rings (SSSR count). The van der Waals surface area contributed by atoms with Crippen molar-refractivity contribution in [2.45, 2.75) is 37.8 Å². The monoisotopic (exact) mass is 333 g/mol. The average molecular weight is 333 g/mol. The molecule has 23 heavy (non-hydrogen) atoms. The van der Waals surface area contributed by atoms with Gasteiger partial charge >= 0.3 is 17.9 Å². The van der Waals surface area contributed by atoms with Crippen molar-refractivity contribution in [2.75, 3.05) is 6.54 Å². The maximum Gasteiger partial charge on any atom is 0.326 e. The molecule has 0 aliphatic rings. The Labute approximate surface area is 130 Å². The molecule has 11 nitrogen and oxygen atoms in total. The van der Waals surface area contributed by atoms with E-state index in [9.17, 15) is 24.0 Å². The van der Waals surface area contributed by atoms with Crippen molar-refractivity contribution in [1.82, 2.24) is 10.6 Å². The van der Waals surface area contributed by atoms with E-state index in [0.29, 0.717) is 0 Å². The molecule has 0 fully saturated rings. The summed E-state index contributed by atoms with van der Waals surface area (Å²) in [6, 6.07) is -2.50. The maximum atomic E-state index is 11.5. The number of carbonyl (C=O) groups is 5. The second-order valence-electron chi connectivity index (χ2n) is 4.65. The van der Waals surface area contributed by atoms with E-state index >= 15 is 0 Å². The molecule has 130 valence electrons. The van der Waals surface area contributed by atoms with Gasteiger partial charge in [-0.1, -0.05) is 0 Å². The van der Waals surface area contributed by atoms with Gasteiger partial charge in [-0.15, -0.1) is 0 Å². The summed E-state index contributed by atoms with van der Waals surface area (Å²) in [5.41, 5.74) is 5.42. The smallest absolute Gasteiger partial charge is 0.326 e. The molecule has 0 heterocycles. The lowest BCUT2D eigenvalue weighted by molar-refractivity contribution is -0.143. The summed E-state index contributed by atoms with van der Waals surface area (Å²) in [6.07, 6.45) is -1.16. The predicted octanol–water partition coefficient (Wildman–Crippen LogP) is -2.27. The van der Waals surface area contributed by atoms with Crippen LogP contribution in [0.25, 0.3) is 0 Å². The van der Waals surface area contributed by atoms with E-state index in [1.165, 1.54) is 0 Å². The van der Waals surface area contributed by atoms with Crippen molar-refractivity contribution >= 4 is 29.7 Å². The van der Waals surface area contributed by atoms with Crippen LogP contribution < -0.4 is 16.4 Å². The van der Waals surface area contributed by atoms with Crippen molar-refractivity contribution in [3.63, 3.8) is 0 Å². The number of hydrogen-bond acceptors (Lipinski definition) is 6. The largest absolute Gasteiger partial charge is 0.481 e. The van der Waals surface area contributed by atoms with E-state index in [0.717, 1.165) is 0 Å². The van der Waals surface area contributed by atoms with Crippen molar-refractivity contribution < 1.29 is 39.3 Å². The fourth-order valence-corrected chi connectivity index (χ4v) is 1.48. The van der Waals surface area contributed by atoms with Crippen LogP contribution in [0.15, 0.2) is 0 Å². The highest BCUT2D eigenvalue weighted by atomic mass is 16.4. The van der Waals surface area contributed by atoms with Gasteiger partial charge < -0.3 is 31.7 Å². The summed E-state index contributed by atoms with van der Waals surface area (Å²) in [5, 5.41) is 30.0. The molecule has 0 bridgehead atoms. The van der Waals surface area contributed by atoms with Crippen molar-refractivity contribution in [3.05, 3.63) is 0 Å². The zero-order valence-electron chi connectivity index (χ0n) is 12.2. The molecule has 0 aliphatic carbocycles. The van der Waals surface area contributed by atoms with Crippen LogP contribution in [0.1, 0.15) is 25.7 Å². The fraction of sp³-hybridized carbons (Fsp3) is 0.583. The third-order valence-electron chi connectivity index (χ3n) is 2.71. The van der Waals surface area contributed by atoms with E-state index in [2.05, 4.69) is 10.6 Å².